The van der Waals surface area contributed by atoms with Gasteiger partial charge in [0.25, 0.3) is 5.91 Å². The standard InChI is InChI=1S/C27H31ClN4O3/c1-18-8-7-9-20(16-18)32-24(19-12-14-31(15-13-19)26(34)35-27(2,3)4)21(17-29-32)25(33)30-23-11-6-5-10-22(23)28/h5-11,16-17,19H,12-15H2,1-4H3,(H,30,33). The molecule has 8 heteroatoms. The van der Waals surface area contributed by atoms with Crippen LogP contribution in [0.15, 0.2) is 54.7 Å². The summed E-state index contributed by atoms with van der Waals surface area (Å²) in [5, 5.41) is 8.01. The molecule has 2 aromatic carbocycles. The van der Waals surface area contributed by atoms with E-state index in [9.17, 15) is 9.59 Å². The summed E-state index contributed by atoms with van der Waals surface area (Å²) in [5.41, 5.74) is 3.35. The van der Waals surface area contributed by atoms with Crippen LogP contribution in [0.25, 0.3) is 5.69 Å². The molecule has 1 saturated heterocycles. The molecule has 3 aromatic rings. The summed E-state index contributed by atoms with van der Waals surface area (Å²) < 4.78 is 7.39. The minimum atomic E-state index is -0.540. The molecule has 0 saturated carbocycles. The molecule has 1 fully saturated rings. The monoisotopic (exact) mass is 494 g/mol. The van der Waals surface area contributed by atoms with Crippen LogP contribution >= 0.6 is 11.6 Å². The highest BCUT2D eigenvalue weighted by molar-refractivity contribution is 6.33. The molecule has 1 aliphatic heterocycles. The van der Waals surface area contributed by atoms with E-state index < -0.39 is 5.60 Å². The average Bonchev–Trinajstić information content (AvgIpc) is 3.25. The third kappa shape index (κ3) is 5.85. The van der Waals surface area contributed by atoms with Crippen molar-refractivity contribution in [2.75, 3.05) is 18.4 Å². The number of hydrogen-bond donors (Lipinski definition) is 1. The van der Waals surface area contributed by atoms with Gasteiger partial charge >= 0.3 is 6.09 Å². The van der Waals surface area contributed by atoms with Crippen LogP contribution in [0, 0.1) is 6.92 Å². The third-order valence-electron chi connectivity index (χ3n) is 5.95. The zero-order valence-electron chi connectivity index (χ0n) is 20.5. The van der Waals surface area contributed by atoms with Crippen LogP contribution in [-0.4, -0.2) is 45.4 Å². The predicted octanol–water partition coefficient (Wildman–Crippen LogP) is 6.20. The van der Waals surface area contributed by atoms with Gasteiger partial charge in [-0.3, -0.25) is 4.79 Å². The number of para-hydroxylation sites is 1. The van der Waals surface area contributed by atoms with Crippen LogP contribution in [0.4, 0.5) is 10.5 Å². The first-order valence-corrected chi connectivity index (χ1v) is 12.2. The third-order valence-corrected chi connectivity index (χ3v) is 6.28. The lowest BCUT2D eigenvalue weighted by Gasteiger charge is -2.34. The molecule has 0 unspecified atom stereocenters. The lowest BCUT2D eigenvalue weighted by atomic mass is 9.90. The molecule has 1 N–H and O–H groups in total. The molecule has 0 aliphatic carbocycles. The summed E-state index contributed by atoms with van der Waals surface area (Å²) in [6.07, 6.45) is 2.70. The zero-order chi connectivity index (χ0) is 25.2. The van der Waals surface area contributed by atoms with Gasteiger partial charge in [0, 0.05) is 19.0 Å². The molecule has 184 valence electrons. The second-order valence-corrected chi connectivity index (χ2v) is 10.3. The van der Waals surface area contributed by atoms with Crippen LogP contribution in [0.1, 0.15) is 61.1 Å². The van der Waals surface area contributed by atoms with E-state index in [1.165, 1.54) is 0 Å². The average molecular weight is 495 g/mol. The van der Waals surface area contributed by atoms with Gasteiger partial charge in [-0.15, -0.1) is 0 Å². The van der Waals surface area contributed by atoms with Crippen LogP contribution in [0.5, 0.6) is 0 Å². The number of rotatable bonds is 4. The fourth-order valence-corrected chi connectivity index (χ4v) is 4.49. The van der Waals surface area contributed by atoms with Gasteiger partial charge in [0.1, 0.15) is 5.60 Å². The Bertz CT molecular complexity index is 1220. The van der Waals surface area contributed by atoms with Crippen LogP contribution < -0.4 is 5.32 Å². The fourth-order valence-electron chi connectivity index (χ4n) is 4.31. The van der Waals surface area contributed by atoms with Gasteiger partial charge in [-0.25, -0.2) is 9.48 Å². The Morgan fingerprint density at radius 2 is 1.80 bits per heavy atom. The molecular formula is C27H31ClN4O3. The van der Waals surface area contributed by atoms with Crippen molar-refractivity contribution in [2.45, 2.75) is 52.1 Å². The number of nitrogens with zero attached hydrogens (tertiary/aromatic N) is 3. The summed E-state index contributed by atoms with van der Waals surface area (Å²) in [6, 6.07) is 15.2. The summed E-state index contributed by atoms with van der Waals surface area (Å²) >= 11 is 6.27. The first kappa shape index (κ1) is 24.8. The van der Waals surface area contributed by atoms with Gasteiger partial charge in [-0.2, -0.15) is 5.10 Å². The first-order valence-electron chi connectivity index (χ1n) is 11.8. The SMILES string of the molecule is Cc1cccc(-n2ncc(C(=O)Nc3ccccc3Cl)c2C2CCN(C(=O)OC(C)(C)C)CC2)c1. The van der Waals surface area contributed by atoms with Crippen molar-refractivity contribution in [1.82, 2.24) is 14.7 Å². The lowest BCUT2D eigenvalue weighted by Crippen LogP contribution is -2.41. The number of ether oxygens (including phenoxy) is 1. The highest BCUT2D eigenvalue weighted by Gasteiger charge is 2.32. The van der Waals surface area contributed by atoms with E-state index >= 15 is 0 Å². The molecule has 2 heterocycles. The van der Waals surface area contributed by atoms with Gasteiger partial charge < -0.3 is 15.0 Å². The minimum absolute atomic E-state index is 0.0451. The fraction of sp³-hybridized carbons (Fsp3) is 0.370. The Balaban J connectivity index is 1.63. The van der Waals surface area contributed by atoms with Crippen molar-refractivity contribution < 1.29 is 14.3 Å². The quantitative estimate of drug-likeness (QED) is 0.468. The number of halogens is 1. The maximum absolute atomic E-state index is 13.4. The highest BCUT2D eigenvalue weighted by Crippen LogP contribution is 2.33. The number of likely N-dealkylation sites (tertiary alicyclic amines) is 1. The number of aromatic nitrogens is 2. The number of anilines is 1. The summed E-state index contributed by atoms with van der Waals surface area (Å²) in [5.74, 6) is -0.217. The van der Waals surface area contributed by atoms with E-state index in [2.05, 4.69) is 10.4 Å². The number of benzene rings is 2. The molecule has 0 atom stereocenters. The number of piperidine rings is 1. The van der Waals surface area contributed by atoms with Gasteiger partial charge in [0.2, 0.25) is 0 Å². The van der Waals surface area contributed by atoms with Crippen LogP contribution in [0.2, 0.25) is 5.02 Å². The molecule has 0 spiro atoms. The molecule has 4 rings (SSSR count). The van der Waals surface area contributed by atoms with Gasteiger partial charge in [0.05, 0.1) is 33.9 Å². The molecular weight excluding hydrogens is 464 g/mol. The van der Waals surface area contributed by atoms with Crippen molar-refractivity contribution in [3.05, 3.63) is 76.6 Å². The Kier molecular flexibility index (Phi) is 7.17. The molecule has 2 amide bonds. The summed E-state index contributed by atoms with van der Waals surface area (Å²) in [4.78, 5) is 27.7. The molecule has 7 nitrogen and oxygen atoms in total. The normalized spacial score (nSPS) is 14.6. The van der Waals surface area contributed by atoms with Gasteiger partial charge in [-0.05, 0) is 70.4 Å². The van der Waals surface area contributed by atoms with Gasteiger partial charge in [-0.1, -0.05) is 35.9 Å². The minimum Gasteiger partial charge on any atom is -0.444 e. The second-order valence-electron chi connectivity index (χ2n) is 9.87. The zero-order valence-corrected chi connectivity index (χ0v) is 21.3. The van der Waals surface area contributed by atoms with E-state index in [0.29, 0.717) is 42.2 Å². The van der Waals surface area contributed by atoms with E-state index in [4.69, 9.17) is 16.3 Å². The van der Waals surface area contributed by atoms with Crippen molar-refractivity contribution >= 4 is 29.3 Å². The number of carbonyl (C=O) groups excluding carboxylic acids is 2. The van der Waals surface area contributed by atoms with E-state index in [0.717, 1.165) is 16.9 Å². The van der Waals surface area contributed by atoms with Crippen molar-refractivity contribution in [1.29, 1.82) is 0 Å². The van der Waals surface area contributed by atoms with E-state index in [-0.39, 0.29) is 17.9 Å². The number of carbonyl (C=O) groups is 2. The number of amides is 2. The molecule has 35 heavy (non-hydrogen) atoms. The van der Waals surface area contributed by atoms with Crippen LogP contribution in [0.3, 0.4) is 0 Å². The lowest BCUT2D eigenvalue weighted by molar-refractivity contribution is 0.0203. The van der Waals surface area contributed by atoms with Crippen LogP contribution in [-0.2, 0) is 4.74 Å². The van der Waals surface area contributed by atoms with Crippen molar-refractivity contribution in [3.63, 3.8) is 0 Å². The Morgan fingerprint density at radius 3 is 2.46 bits per heavy atom. The predicted molar refractivity (Wildman–Crippen MR) is 137 cm³/mol. The van der Waals surface area contributed by atoms with Crippen molar-refractivity contribution in [3.8, 4) is 5.69 Å². The van der Waals surface area contributed by atoms with E-state index in [1.807, 2.05) is 68.8 Å². The number of hydrogen-bond acceptors (Lipinski definition) is 4. The Morgan fingerprint density at radius 1 is 1.09 bits per heavy atom. The largest absolute Gasteiger partial charge is 0.444 e. The maximum atomic E-state index is 13.4. The molecule has 0 bridgehead atoms. The number of aryl methyl sites for hydroxylation is 1. The smallest absolute Gasteiger partial charge is 0.410 e. The molecule has 1 aliphatic rings. The maximum Gasteiger partial charge on any atom is 0.410 e. The summed E-state index contributed by atoms with van der Waals surface area (Å²) in [6.45, 7) is 8.71. The molecule has 0 radical (unpaired) electrons. The highest BCUT2D eigenvalue weighted by atomic mass is 35.5. The Labute approximate surface area is 211 Å². The van der Waals surface area contributed by atoms with E-state index in [1.54, 1.807) is 23.2 Å². The topological polar surface area (TPSA) is 76.5 Å². The second kappa shape index (κ2) is 10.1. The molecule has 1 aromatic heterocycles. The van der Waals surface area contributed by atoms with Crippen molar-refractivity contribution in [2.24, 2.45) is 0 Å². The summed E-state index contributed by atoms with van der Waals surface area (Å²) in [7, 11) is 0. The van der Waals surface area contributed by atoms with Gasteiger partial charge in [0.15, 0.2) is 0 Å². The Hall–Kier alpha value is -3.32. The first-order chi connectivity index (χ1) is 16.6. The number of nitrogens with one attached hydrogen (secondary N) is 1.